The Labute approximate surface area is 253 Å². The van der Waals surface area contributed by atoms with E-state index in [1.54, 1.807) is 51.1 Å². The average Bonchev–Trinajstić information content (AvgIpc) is 3.01. The standard InChI is InChI=1S/C33H40N6O4/c1-4-36(5-2)28-14-10-9-13-26(28)21-37-22-30-38(29(32(37)42)19-24-15-17-27(40)18-16-24)31(41)23-35(3)39(30)33(43)34-20-25-11-7-6-8-12-25/h6-18,29-30,40H,4-5,19-23H2,1-3H3,(H,34,43)/t29-,30?/m0/s1. The first-order valence-electron chi connectivity index (χ1n) is 14.8. The van der Waals surface area contributed by atoms with Crippen LogP contribution in [0.4, 0.5) is 10.5 Å². The van der Waals surface area contributed by atoms with Crippen LogP contribution < -0.4 is 10.2 Å². The first kappa shape index (κ1) is 29.9. The number of piperazine rings is 1. The zero-order chi connectivity index (χ0) is 30.5. The van der Waals surface area contributed by atoms with Crippen molar-refractivity contribution in [2.24, 2.45) is 0 Å². The molecule has 0 aliphatic carbocycles. The van der Waals surface area contributed by atoms with E-state index in [1.165, 1.54) is 0 Å². The summed E-state index contributed by atoms with van der Waals surface area (Å²) in [5.74, 6) is -0.246. The van der Waals surface area contributed by atoms with Crippen molar-refractivity contribution in [3.05, 3.63) is 95.6 Å². The monoisotopic (exact) mass is 584 g/mol. The van der Waals surface area contributed by atoms with Gasteiger partial charge >= 0.3 is 6.03 Å². The Kier molecular flexibility index (Phi) is 9.16. The predicted molar refractivity (Wildman–Crippen MR) is 165 cm³/mol. The van der Waals surface area contributed by atoms with E-state index in [2.05, 4.69) is 30.1 Å². The highest BCUT2D eigenvalue weighted by Gasteiger charge is 2.50. The number of urea groups is 1. The Hall–Kier alpha value is -4.57. The minimum atomic E-state index is -0.811. The molecule has 0 bridgehead atoms. The second-order valence-corrected chi connectivity index (χ2v) is 11.0. The van der Waals surface area contributed by atoms with E-state index in [4.69, 9.17) is 0 Å². The number of aromatic hydroxyl groups is 1. The molecule has 226 valence electrons. The quantitative estimate of drug-likeness (QED) is 0.400. The summed E-state index contributed by atoms with van der Waals surface area (Å²) in [5, 5.41) is 16.0. The molecule has 5 rings (SSSR count). The molecule has 10 heteroatoms. The molecule has 0 saturated carbocycles. The van der Waals surface area contributed by atoms with Gasteiger partial charge in [-0.15, -0.1) is 0 Å². The van der Waals surface area contributed by atoms with Gasteiger partial charge in [0.1, 0.15) is 18.0 Å². The van der Waals surface area contributed by atoms with Gasteiger partial charge in [0.25, 0.3) is 0 Å². The average molecular weight is 585 g/mol. The molecule has 2 aliphatic rings. The molecule has 3 aromatic carbocycles. The summed E-state index contributed by atoms with van der Waals surface area (Å²) in [6.45, 7) is 6.69. The summed E-state index contributed by atoms with van der Waals surface area (Å²) >= 11 is 0. The lowest BCUT2D eigenvalue weighted by Gasteiger charge is -2.54. The van der Waals surface area contributed by atoms with Crippen molar-refractivity contribution >= 4 is 23.5 Å². The van der Waals surface area contributed by atoms with Crippen molar-refractivity contribution in [3.8, 4) is 5.75 Å². The molecule has 1 unspecified atom stereocenters. The van der Waals surface area contributed by atoms with Gasteiger partial charge in [0, 0.05) is 45.3 Å². The van der Waals surface area contributed by atoms with E-state index < -0.39 is 12.2 Å². The van der Waals surface area contributed by atoms with Crippen LogP contribution in [-0.2, 0) is 29.1 Å². The van der Waals surface area contributed by atoms with Crippen molar-refractivity contribution in [2.45, 2.75) is 45.6 Å². The van der Waals surface area contributed by atoms with Gasteiger partial charge in [0.2, 0.25) is 11.8 Å². The minimum Gasteiger partial charge on any atom is -0.508 e. The number of phenols is 1. The normalized spacial score (nSPS) is 18.9. The van der Waals surface area contributed by atoms with E-state index in [-0.39, 0.29) is 43.1 Å². The van der Waals surface area contributed by atoms with Crippen molar-refractivity contribution in [3.63, 3.8) is 0 Å². The predicted octanol–water partition coefficient (Wildman–Crippen LogP) is 3.42. The molecule has 0 spiro atoms. The van der Waals surface area contributed by atoms with Gasteiger partial charge < -0.3 is 25.1 Å². The fourth-order valence-electron chi connectivity index (χ4n) is 6.08. The largest absolute Gasteiger partial charge is 0.508 e. The Morgan fingerprint density at radius 3 is 2.30 bits per heavy atom. The number of phenolic OH excluding ortho intramolecular Hbond substituents is 1. The van der Waals surface area contributed by atoms with Crippen LogP contribution >= 0.6 is 0 Å². The number of hydrogen-bond acceptors (Lipinski definition) is 6. The maximum Gasteiger partial charge on any atom is 0.334 e. The van der Waals surface area contributed by atoms with E-state index in [1.807, 2.05) is 48.5 Å². The van der Waals surface area contributed by atoms with E-state index in [0.29, 0.717) is 13.1 Å². The second kappa shape index (κ2) is 13.2. The van der Waals surface area contributed by atoms with Gasteiger partial charge in [-0.3, -0.25) is 9.59 Å². The summed E-state index contributed by atoms with van der Waals surface area (Å²) in [6, 6.07) is 23.2. The fourth-order valence-corrected chi connectivity index (χ4v) is 6.08. The number of rotatable bonds is 9. The molecule has 10 nitrogen and oxygen atoms in total. The van der Waals surface area contributed by atoms with Crippen molar-refractivity contribution < 1.29 is 19.5 Å². The number of hydrazine groups is 1. The third-order valence-electron chi connectivity index (χ3n) is 8.26. The molecule has 2 N–H and O–H groups in total. The first-order chi connectivity index (χ1) is 20.8. The lowest BCUT2D eigenvalue weighted by atomic mass is 9.98. The number of para-hydroxylation sites is 1. The van der Waals surface area contributed by atoms with E-state index in [0.717, 1.165) is 35.5 Å². The molecule has 2 saturated heterocycles. The fraction of sp³-hybridized carbons (Fsp3) is 0.364. The molecule has 2 aliphatic heterocycles. The maximum atomic E-state index is 14.2. The highest BCUT2D eigenvalue weighted by Crippen LogP contribution is 2.30. The molecule has 3 aromatic rings. The summed E-state index contributed by atoms with van der Waals surface area (Å²) in [7, 11) is 1.72. The summed E-state index contributed by atoms with van der Waals surface area (Å²) in [5.41, 5.74) is 3.84. The smallest absolute Gasteiger partial charge is 0.334 e. The van der Waals surface area contributed by atoms with Crippen molar-refractivity contribution in [1.82, 2.24) is 25.1 Å². The summed E-state index contributed by atoms with van der Waals surface area (Å²) < 4.78 is 0. The van der Waals surface area contributed by atoms with Crippen LogP contribution in [-0.4, -0.2) is 88.2 Å². The number of carbonyl (C=O) groups is 3. The number of fused-ring (bicyclic) bond motifs is 1. The van der Waals surface area contributed by atoms with Crippen LogP contribution in [0.1, 0.15) is 30.5 Å². The van der Waals surface area contributed by atoms with Gasteiger partial charge in [-0.1, -0.05) is 60.7 Å². The van der Waals surface area contributed by atoms with E-state index in [9.17, 15) is 19.5 Å². The molecular weight excluding hydrogens is 544 g/mol. The van der Waals surface area contributed by atoms with Gasteiger partial charge in [-0.2, -0.15) is 0 Å². The SMILES string of the molecule is CCN(CC)c1ccccc1CN1CC2N(C(=O)CN(C)N2C(=O)NCc2ccccc2)[C@@H](Cc2ccc(O)cc2)C1=O. The highest BCUT2D eigenvalue weighted by atomic mass is 16.3. The van der Waals surface area contributed by atoms with Gasteiger partial charge in [-0.05, 0) is 48.7 Å². The zero-order valence-corrected chi connectivity index (χ0v) is 25.0. The Morgan fingerprint density at radius 1 is 0.930 bits per heavy atom. The van der Waals surface area contributed by atoms with Crippen molar-refractivity contribution in [2.75, 3.05) is 38.1 Å². The van der Waals surface area contributed by atoms with Gasteiger partial charge in [0.05, 0.1) is 13.1 Å². The minimum absolute atomic E-state index is 0.0284. The molecule has 4 amide bonds. The molecule has 0 radical (unpaired) electrons. The third-order valence-corrected chi connectivity index (χ3v) is 8.26. The summed E-state index contributed by atoms with van der Waals surface area (Å²) in [4.78, 5) is 47.1. The van der Waals surface area contributed by atoms with Gasteiger partial charge in [0.15, 0.2) is 0 Å². The molecule has 2 atom stereocenters. The lowest BCUT2D eigenvalue weighted by molar-refractivity contribution is -0.187. The maximum absolute atomic E-state index is 14.2. The Bertz CT molecular complexity index is 1430. The molecule has 43 heavy (non-hydrogen) atoms. The van der Waals surface area contributed by atoms with Crippen LogP contribution in [0, 0.1) is 0 Å². The number of nitrogens with zero attached hydrogens (tertiary/aromatic N) is 5. The number of likely N-dealkylation sites (N-methyl/N-ethyl adjacent to an activating group) is 1. The second-order valence-electron chi connectivity index (χ2n) is 11.0. The molecule has 0 aromatic heterocycles. The Balaban J connectivity index is 1.48. The zero-order valence-electron chi connectivity index (χ0n) is 25.0. The number of benzene rings is 3. The van der Waals surface area contributed by atoms with E-state index >= 15 is 0 Å². The highest BCUT2D eigenvalue weighted by molar-refractivity contribution is 5.91. The molecular formula is C33H40N6O4. The number of amides is 4. The number of anilines is 1. The van der Waals surface area contributed by atoms with Crippen LogP contribution in [0.3, 0.4) is 0 Å². The van der Waals surface area contributed by atoms with Crippen molar-refractivity contribution in [1.29, 1.82) is 0 Å². The number of carbonyl (C=O) groups excluding carboxylic acids is 3. The van der Waals surface area contributed by atoms with Crippen LogP contribution in [0.25, 0.3) is 0 Å². The molecule has 2 heterocycles. The van der Waals surface area contributed by atoms with Crippen LogP contribution in [0.5, 0.6) is 5.75 Å². The summed E-state index contributed by atoms with van der Waals surface area (Å²) in [6.07, 6.45) is -0.430. The number of hydrogen-bond donors (Lipinski definition) is 2. The van der Waals surface area contributed by atoms with Crippen LogP contribution in [0.15, 0.2) is 78.9 Å². The number of nitrogens with one attached hydrogen (secondary N) is 1. The lowest BCUT2D eigenvalue weighted by Crippen LogP contribution is -2.76. The molecule has 2 fully saturated rings. The van der Waals surface area contributed by atoms with Crippen LogP contribution in [0.2, 0.25) is 0 Å². The first-order valence-corrected chi connectivity index (χ1v) is 14.8. The Morgan fingerprint density at radius 2 is 1.60 bits per heavy atom. The third kappa shape index (κ3) is 6.44. The van der Waals surface area contributed by atoms with Gasteiger partial charge in [-0.25, -0.2) is 14.8 Å². The topological polar surface area (TPSA) is 99.7 Å².